The van der Waals surface area contributed by atoms with Crippen molar-refractivity contribution in [3.63, 3.8) is 0 Å². The maximum absolute atomic E-state index is 12.4. The molecule has 1 aliphatic heterocycles. The summed E-state index contributed by atoms with van der Waals surface area (Å²) >= 11 is 0. The fourth-order valence-corrected chi connectivity index (χ4v) is 2.87. The number of amides is 2. The molecule has 26 heavy (non-hydrogen) atoms. The zero-order valence-electron chi connectivity index (χ0n) is 14.9. The molecule has 2 aromatic rings. The van der Waals surface area contributed by atoms with Crippen LogP contribution in [0, 0.1) is 5.92 Å². The lowest BCUT2D eigenvalue weighted by Crippen LogP contribution is -2.47. The zero-order valence-corrected chi connectivity index (χ0v) is 14.9. The predicted molar refractivity (Wildman–Crippen MR) is 98.8 cm³/mol. The quantitative estimate of drug-likeness (QED) is 0.767. The van der Waals surface area contributed by atoms with Gasteiger partial charge in [-0.05, 0) is 18.1 Å². The fraction of sp³-hybridized carbons (Fsp3) is 0.300. The Bertz CT molecular complexity index is 774. The number of para-hydroxylation sites is 2. The highest BCUT2D eigenvalue weighted by atomic mass is 16.5. The summed E-state index contributed by atoms with van der Waals surface area (Å²) in [6.45, 7) is 3.60. The van der Waals surface area contributed by atoms with Gasteiger partial charge in [-0.3, -0.25) is 9.59 Å². The summed E-state index contributed by atoms with van der Waals surface area (Å²) in [5.41, 5.74) is 7.56. The van der Waals surface area contributed by atoms with Crippen LogP contribution >= 0.6 is 0 Å². The van der Waals surface area contributed by atoms with E-state index in [9.17, 15) is 9.59 Å². The van der Waals surface area contributed by atoms with E-state index in [0.29, 0.717) is 11.5 Å². The third-order valence-corrected chi connectivity index (χ3v) is 4.43. The molecule has 0 aromatic heterocycles. The molecule has 1 heterocycles. The molecule has 136 valence electrons. The largest absolute Gasteiger partial charge is 0.457 e. The smallest absolute Gasteiger partial charge is 0.240 e. The second-order valence-electron chi connectivity index (χ2n) is 6.67. The van der Waals surface area contributed by atoms with E-state index in [-0.39, 0.29) is 30.3 Å². The van der Waals surface area contributed by atoms with E-state index < -0.39 is 6.04 Å². The van der Waals surface area contributed by atoms with Gasteiger partial charge < -0.3 is 21.1 Å². The van der Waals surface area contributed by atoms with Crippen molar-refractivity contribution in [1.29, 1.82) is 0 Å². The van der Waals surface area contributed by atoms with Crippen molar-refractivity contribution in [2.75, 3.05) is 6.54 Å². The van der Waals surface area contributed by atoms with Gasteiger partial charge in [0.25, 0.3) is 0 Å². The summed E-state index contributed by atoms with van der Waals surface area (Å²) in [5.74, 6) is 0.811. The molecule has 0 bridgehead atoms. The number of hydrogen-bond donors (Lipinski definition) is 3. The molecule has 6 nitrogen and oxygen atoms in total. The summed E-state index contributed by atoms with van der Waals surface area (Å²) in [5, 5.41) is 5.57. The molecule has 0 spiro atoms. The Morgan fingerprint density at radius 2 is 1.58 bits per heavy atom. The standard InChI is InChI=1S/C20H23N3O3/c1-12(2)18(21)20(25)22-11-17(24)23-19-13-7-3-5-9-15(13)26-16-10-6-4-8-14(16)19/h3-10,12,18-19H,11,21H2,1-2H3,(H,22,25)(H,23,24)/t18-/m0/s1. The van der Waals surface area contributed by atoms with Crippen LogP contribution in [0.3, 0.4) is 0 Å². The SMILES string of the molecule is CC(C)[C@H](N)C(=O)NCC(=O)NC1c2ccccc2Oc2ccccc21. The van der Waals surface area contributed by atoms with E-state index in [1.807, 2.05) is 62.4 Å². The molecule has 4 N–H and O–H groups in total. The second-order valence-corrected chi connectivity index (χ2v) is 6.67. The van der Waals surface area contributed by atoms with Gasteiger partial charge in [-0.25, -0.2) is 0 Å². The van der Waals surface area contributed by atoms with E-state index >= 15 is 0 Å². The Morgan fingerprint density at radius 3 is 2.12 bits per heavy atom. The number of nitrogens with two attached hydrogens (primary N) is 1. The normalized spacial score (nSPS) is 14.0. The Hall–Kier alpha value is -2.86. The van der Waals surface area contributed by atoms with E-state index in [1.54, 1.807) is 0 Å². The number of carbonyl (C=O) groups is 2. The summed E-state index contributed by atoms with van der Waals surface area (Å²) in [7, 11) is 0. The average molecular weight is 353 g/mol. The highest BCUT2D eigenvalue weighted by Gasteiger charge is 2.28. The molecule has 1 aliphatic rings. The first-order chi connectivity index (χ1) is 12.5. The van der Waals surface area contributed by atoms with Gasteiger partial charge in [0.15, 0.2) is 0 Å². The molecule has 3 rings (SSSR count). The van der Waals surface area contributed by atoms with Crippen LogP contribution in [0.25, 0.3) is 0 Å². The highest BCUT2D eigenvalue weighted by Crippen LogP contribution is 2.42. The van der Waals surface area contributed by atoms with Crippen molar-refractivity contribution >= 4 is 11.8 Å². The van der Waals surface area contributed by atoms with Crippen LogP contribution in [-0.4, -0.2) is 24.4 Å². The van der Waals surface area contributed by atoms with Crippen molar-refractivity contribution in [2.45, 2.75) is 25.9 Å². The van der Waals surface area contributed by atoms with Crippen LogP contribution < -0.4 is 21.1 Å². The van der Waals surface area contributed by atoms with Gasteiger partial charge in [-0.2, -0.15) is 0 Å². The van der Waals surface area contributed by atoms with E-state index in [2.05, 4.69) is 10.6 Å². The third kappa shape index (κ3) is 3.70. The molecule has 0 saturated heterocycles. The molecule has 0 radical (unpaired) electrons. The minimum atomic E-state index is -0.632. The predicted octanol–water partition coefficient (Wildman–Crippen LogP) is 2.10. The maximum Gasteiger partial charge on any atom is 0.240 e. The van der Waals surface area contributed by atoms with Crippen LogP contribution in [0.1, 0.15) is 31.0 Å². The number of fused-ring (bicyclic) bond motifs is 2. The topological polar surface area (TPSA) is 93.5 Å². The van der Waals surface area contributed by atoms with Gasteiger partial charge in [0, 0.05) is 11.1 Å². The lowest BCUT2D eigenvalue weighted by atomic mass is 9.94. The van der Waals surface area contributed by atoms with Gasteiger partial charge in [-0.15, -0.1) is 0 Å². The summed E-state index contributed by atoms with van der Waals surface area (Å²) in [6, 6.07) is 14.2. The molecule has 0 saturated carbocycles. The summed E-state index contributed by atoms with van der Waals surface area (Å²) < 4.78 is 5.91. The van der Waals surface area contributed by atoms with Crippen LogP contribution in [-0.2, 0) is 9.59 Å². The number of ether oxygens (including phenoxy) is 1. The fourth-order valence-electron chi connectivity index (χ4n) is 2.87. The first kappa shape index (κ1) is 17.9. The van der Waals surface area contributed by atoms with Crippen molar-refractivity contribution < 1.29 is 14.3 Å². The third-order valence-electron chi connectivity index (χ3n) is 4.43. The van der Waals surface area contributed by atoms with Crippen LogP contribution in [0.2, 0.25) is 0 Å². The van der Waals surface area contributed by atoms with Gasteiger partial charge in [-0.1, -0.05) is 50.2 Å². The molecule has 1 atom stereocenters. The molecule has 2 amide bonds. The average Bonchev–Trinajstić information content (AvgIpc) is 2.65. The van der Waals surface area contributed by atoms with Gasteiger partial charge in [0.2, 0.25) is 11.8 Å². The van der Waals surface area contributed by atoms with Crippen LogP contribution in [0.15, 0.2) is 48.5 Å². The number of carbonyl (C=O) groups excluding carboxylic acids is 2. The van der Waals surface area contributed by atoms with Gasteiger partial charge in [0.1, 0.15) is 11.5 Å². The molecule has 2 aromatic carbocycles. The molecular formula is C20H23N3O3. The maximum atomic E-state index is 12.4. The minimum Gasteiger partial charge on any atom is -0.457 e. The molecule has 0 unspecified atom stereocenters. The van der Waals surface area contributed by atoms with Crippen molar-refractivity contribution in [3.05, 3.63) is 59.7 Å². The number of rotatable bonds is 5. The van der Waals surface area contributed by atoms with Crippen LogP contribution in [0.4, 0.5) is 0 Å². The number of nitrogens with one attached hydrogen (secondary N) is 2. The van der Waals surface area contributed by atoms with Crippen molar-refractivity contribution in [1.82, 2.24) is 10.6 Å². The van der Waals surface area contributed by atoms with E-state index in [0.717, 1.165) is 11.1 Å². The second kappa shape index (κ2) is 7.58. The lowest BCUT2D eigenvalue weighted by molar-refractivity contribution is -0.127. The van der Waals surface area contributed by atoms with Crippen LogP contribution in [0.5, 0.6) is 11.5 Å². The Morgan fingerprint density at radius 1 is 1.04 bits per heavy atom. The molecule has 0 fully saturated rings. The van der Waals surface area contributed by atoms with Crippen molar-refractivity contribution in [2.24, 2.45) is 11.7 Å². The Kier molecular flexibility index (Phi) is 5.23. The highest BCUT2D eigenvalue weighted by molar-refractivity contribution is 5.87. The summed E-state index contributed by atoms with van der Waals surface area (Å²) in [6.07, 6.45) is 0. The lowest BCUT2D eigenvalue weighted by Gasteiger charge is -2.29. The first-order valence-corrected chi connectivity index (χ1v) is 8.65. The van der Waals surface area contributed by atoms with Gasteiger partial charge >= 0.3 is 0 Å². The Labute approximate surface area is 152 Å². The molecule has 0 aliphatic carbocycles. The van der Waals surface area contributed by atoms with E-state index in [1.165, 1.54) is 0 Å². The first-order valence-electron chi connectivity index (χ1n) is 8.65. The Balaban J connectivity index is 1.73. The van der Waals surface area contributed by atoms with E-state index in [4.69, 9.17) is 10.5 Å². The van der Waals surface area contributed by atoms with Gasteiger partial charge in [0.05, 0.1) is 18.6 Å². The number of benzene rings is 2. The molecule has 6 heteroatoms. The molecular weight excluding hydrogens is 330 g/mol. The van der Waals surface area contributed by atoms with Crippen molar-refractivity contribution in [3.8, 4) is 11.5 Å². The number of hydrogen-bond acceptors (Lipinski definition) is 4. The minimum absolute atomic E-state index is 0.00677. The zero-order chi connectivity index (χ0) is 18.7. The monoisotopic (exact) mass is 353 g/mol. The summed E-state index contributed by atoms with van der Waals surface area (Å²) in [4.78, 5) is 24.4.